The number of aliphatic hydroxyl groups is 1. The molecule has 0 radical (unpaired) electrons. The number of hydrogen-bond acceptors (Lipinski definition) is 4. The zero-order chi connectivity index (χ0) is 16.3. The number of nitrogens with zero attached hydrogens (tertiary/aromatic N) is 4. The molecular formula is C18H26N4O. The molecule has 124 valence electrons. The Balaban J connectivity index is 1.64. The molecule has 1 aliphatic rings. The first-order valence-electron chi connectivity index (χ1n) is 8.40. The SMILES string of the molecule is CC(C)Cc1ccccc1CN1CCC(O)(Cn2ccnn2)C1. The Bertz CT molecular complexity index is 626. The quantitative estimate of drug-likeness (QED) is 0.887. The third-order valence-corrected chi connectivity index (χ3v) is 4.48. The average Bonchev–Trinajstić information content (AvgIpc) is 3.11. The van der Waals surface area contributed by atoms with E-state index in [9.17, 15) is 5.11 Å². The Morgan fingerprint density at radius 2 is 2.04 bits per heavy atom. The first-order valence-corrected chi connectivity index (χ1v) is 8.40. The van der Waals surface area contributed by atoms with Crippen molar-refractivity contribution in [3.8, 4) is 0 Å². The van der Waals surface area contributed by atoms with Gasteiger partial charge in [0.15, 0.2) is 0 Å². The number of likely N-dealkylation sites (tertiary alicyclic amines) is 1. The molecule has 2 aromatic rings. The second-order valence-electron chi connectivity index (χ2n) is 7.15. The van der Waals surface area contributed by atoms with Crippen molar-refractivity contribution in [2.24, 2.45) is 5.92 Å². The Hall–Kier alpha value is -1.72. The van der Waals surface area contributed by atoms with Gasteiger partial charge in [0, 0.05) is 25.8 Å². The van der Waals surface area contributed by atoms with Gasteiger partial charge in [0.1, 0.15) is 0 Å². The molecule has 1 N–H and O–H groups in total. The summed E-state index contributed by atoms with van der Waals surface area (Å²) in [5, 5.41) is 18.6. The number of aromatic nitrogens is 3. The standard InChI is InChI=1S/C18H26N4O/c1-15(2)11-16-5-3-4-6-17(16)12-21-9-7-18(23,13-21)14-22-10-8-19-20-22/h3-6,8,10,15,23H,7,9,11-14H2,1-2H3. The average molecular weight is 314 g/mol. The largest absolute Gasteiger partial charge is 0.387 e. The van der Waals surface area contributed by atoms with Crippen molar-refractivity contribution in [1.82, 2.24) is 19.9 Å². The van der Waals surface area contributed by atoms with Gasteiger partial charge < -0.3 is 5.11 Å². The first-order chi connectivity index (χ1) is 11.0. The molecule has 0 amide bonds. The van der Waals surface area contributed by atoms with Crippen molar-refractivity contribution in [2.45, 2.75) is 45.4 Å². The van der Waals surface area contributed by atoms with Crippen LogP contribution in [0.3, 0.4) is 0 Å². The van der Waals surface area contributed by atoms with E-state index in [1.54, 1.807) is 17.1 Å². The monoisotopic (exact) mass is 314 g/mol. The van der Waals surface area contributed by atoms with Crippen molar-refractivity contribution >= 4 is 0 Å². The van der Waals surface area contributed by atoms with Gasteiger partial charge in [0.05, 0.1) is 18.3 Å². The highest BCUT2D eigenvalue weighted by atomic mass is 16.3. The molecule has 1 aliphatic heterocycles. The van der Waals surface area contributed by atoms with Crippen LogP contribution in [0.15, 0.2) is 36.7 Å². The minimum atomic E-state index is -0.708. The minimum Gasteiger partial charge on any atom is -0.387 e. The van der Waals surface area contributed by atoms with Gasteiger partial charge in [0.2, 0.25) is 0 Å². The Kier molecular flexibility index (Phi) is 4.78. The molecule has 3 rings (SSSR count). The summed E-state index contributed by atoms with van der Waals surface area (Å²) in [6, 6.07) is 8.67. The van der Waals surface area contributed by atoms with Crippen LogP contribution in [0.5, 0.6) is 0 Å². The molecule has 1 saturated heterocycles. The van der Waals surface area contributed by atoms with Crippen molar-refractivity contribution < 1.29 is 5.11 Å². The minimum absolute atomic E-state index is 0.511. The van der Waals surface area contributed by atoms with Crippen LogP contribution in [0.4, 0.5) is 0 Å². The van der Waals surface area contributed by atoms with E-state index in [1.807, 2.05) is 0 Å². The van der Waals surface area contributed by atoms with E-state index in [1.165, 1.54) is 11.1 Å². The Morgan fingerprint density at radius 1 is 1.26 bits per heavy atom. The van der Waals surface area contributed by atoms with Crippen molar-refractivity contribution in [3.05, 3.63) is 47.8 Å². The molecule has 5 nitrogen and oxygen atoms in total. The molecule has 1 aromatic carbocycles. The topological polar surface area (TPSA) is 54.2 Å². The fraction of sp³-hybridized carbons (Fsp3) is 0.556. The van der Waals surface area contributed by atoms with Crippen LogP contribution in [0.25, 0.3) is 0 Å². The van der Waals surface area contributed by atoms with Crippen molar-refractivity contribution in [3.63, 3.8) is 0 Å². The normalized spacial score (nSPS) is 22.1. The van der Waals surface area contributed by atoms with Gasteiger partial charge in [-0.1, -0.05) is 43.3 Å². The van der Waals surface area contributed by atoms with Gasteiger partial charge >= 0.3 is 0 Å². The highest BCUT2D eigenvalue weighted by molar-refractivity contribution is 5.27. The van der Waals surface area contributed by atoms with Crippen LogP contribution in [-0.4, -0.2) is 43.7 Å². The van der Waals surface area contributed by atoms with E-state index in [-0.39, 0.29) is 0 Å². The number of benzene rings is 1. The van der Waals surface area contributed by atoms with Gasteiger partial charge in [0.25, 0.3) is 0 Å². The van der Waals surface area contributed by atoms with E-state index in [4.69, 9.17) is 0 Å². The molecule has 0 aliphatic carbocycles. The van der Waals surface area contributed by atoms with Gasteiger partial charge in [-0.3, -0.25) is 4.90 Å². The molecule has 2 heterocycles. The third kappa shape index (κ3) is 4.18. The van der Waals surface area contributed by atoms with Crippen LogP contribution in [0.2, 0.25) is 0 Å². The summed E-state index contributed by atoms with van der Waals surface area (Å²) in [6.45, 7) is 7.52. The highest BCUT2D eigenvalue weighted by Gasteiger charge is 2.36. The zero-order valence-corrected chi connectivity index (χ0v) is 14.0. The van der Waals surface area contributed by atoms with E-state index in [2.05, 4.69) is 53.3 Å². The lowest BCUT2D eigenvalue weighted by atomic mass is 9.98. The molecule has 0 spiro atoms. The molecular weight excluding hydrogens is 288 g/mol. The fourth-order valence-corrected chi connectivity index (χ4v) is 3.41. The van der Waals surface area contributed by atoms with Crippen LogP contribution in [0.1, 0.15) is 31.4 Å². The van der Waals surface area contributed by atoms with Gasteiger partial charge in [-0.25, -0.2) is 4.68 Å². The maximum atomic E-state index is 10.8. The summed E-state index contributed by atoms with van der Waals surface area (Å²) in [6.07, 6.45) is 5.34. The van der Waals surface area contributed by atoms with E-state index in [0.29, 0.717) is 19.0 Å². The summed E-state index contributed by atoms with van der Waals surface area (Å²) in [5.41, 5.74) is 2.10. The van der Waals surface area contributed by atoms with Crippen LogP contribution in [-0.2, 0) is 19.5 Å². The van der Waals surface area contributed by atoms with E-state index in [0.717, 1.165) is 25.9 Å². The highest BCUT2D eigenvalue weighted by Crippen LogP contribution is 2.25. The second kappa shape index (κ2) is 6.81. The molecule has 1 atom stereocenters. The molecule has 1 fully saturated rings. The van der Waals surface area contributed by atoms with E-state index < -0.39 is 5.60 Å². The smallest absolute Gasteiger partial charge is 0.0981 e. The lowest BCUT2D eigenvalue weighted by molar-refractivity contribution is 0.0274. The molecule has 23 heavy (non-hydrogen) atoms. The van der Waals surface area contributed by atoms with Crippen molar-refractivity contribution in [1.29, 1.82) is 0 Å². The molecule has 1 aromatic heterocycles. The maximum absolute atomic E-state index is 10.8. The van der Waals surface area contributed by atoms with Gasteiger partial charge in [-0.2, -0.15) is 0 Å². The Labute approximate surface area is 137 Å². The number of β-amino-alcohol motifs (C(OH)–C–C–N with tert-alkyl or cyclic N) is 1. The summed E-state index contributed by atoms with van der Waals surface area (Å²) >= 11 is 0. The van der Waals surface area contributed by atoms with Crippen LogP contribution >= 0.6 is 0 Å². The lowest BCUT2D eigenvalue weighted by Gasteiger charge is -2.24. The van der Waals surface area contributed by atoms with Gasteiger partial charge in [-0.15, -0.1) is 5.10 Å². The summed E-state index contributed by atoms with van der Waals surface area (Å²) < 4.78 is 1.72. The fourth-order valence-electron chi connectivity index (χ4n) is 3.41. The summed E-state index contributed by atoms with van der Waals surface area (Å²) in [4.78, 5) is 2.34. The lowest BCUT2D eigenvalue weighted by Crippen LogP contribution is -2.37. The molecule has 1 unspecified atom stereocenters. The predicted molar refractivity (Wildman–Crippen MR) is 89.8 cm³/mol. The zero-order valence-electron chi connectivity index (χ0n) is 14.0. The summed E-state index contributed by atoms with van der Waals surface area (Å²) in [5.74, 6) is 0.652. The number of hydrogen-bond donors (Lipinski definition) is 1. The van der Waals surface area contributed by atoms with E-state index >= 15 is 0 Å². The predicted octanol–water partition coefficient (Wildman–Crippen LogP) is 2.11. The van der Waals surface area contributed by atoms with Crippen molar-refractivity contribution in [2.75, 3.05) is 13.1 Å². The molecule has 0 bridgehead atoms. The first kappa shape index (κ1) is 16.1. The third-order valence-electron chi connectivity index (χ3n) is 4.48. The van der Waals surface area contributed by atoms with Crippen LogP contribution < -0.4 is 0 Å². The summed E-state index contributed by atoms with van der Waals surface area (Å²) in [7, 11) is 0. The molecule has 5 heteroatoms. The molecule has 0 saturated carbocycles. The van der Waals surface area contributed by atoms with Crippen LogP contribution in [0, 0.1) is 5.92 Å². The maximum Gasteiger partial charge on any atom is 0.0981 e. The number of rotatable bonds is 6. The second-order valence-corrected chi connectivity index (χ2v) is 7.15. The van der Waals surface area contributed by atoms with Gasteiger partial charge in [-0.05, 0) is 29.9 Å². The Morgan fingerprint density at radius 3 is 2.74 bits per heavy atom.